The lowest BCUT2D eigenvalue weighted by Crippen LogP contribution is -2.38. The van der Waals surface area contributed by atoms with E-state index < -0.39 is 0 Å². The molecule has 1 saturated carbocycles. The van der Waals surface area contributed by atoms with Crippen LogP contribution in [0.4, 0.5) is 11.4 Å². The summed E-state index contributed by atoms with van der Waals surface area (Å²) in [6, 6.07) is 5.83. The highest BCUT2D eigenvalue weighted by Crippen LogP contribution is 2.40. The molecule has 0 amide bonds. The smallest absolute Gasteiger partial charge is 0.295 e. The van der Waals surface area contributed by atoms with E-state index in [4.69, 9.17) is 5.73 Å². The fourth-order valence-corrected chi connectivity index (χ4v) is 3.85. The Kier molecular flexibility index (Phi) is 3.38. The lowest BCUT2D eigenvalue weighted by molar-refractivity contribution is -0.384. The van der Waals surface area contributed by atoms with Gasteiger partial charge in [-0.25, -0.2) is 0 Å². The van der Waals surface area contributed by atoms with E-state index in [2.05, 4.69) is 4.90 Å². The Hall–Kier alpha value is -1.62. The van der Waals surface area contributed by atoms with E-state index in [1.54, 1.807) is 13.0 Å². The summed E-state index contributed by atoms with van der Waals surface area (Å²) in [4.78, 5) is 13.2. The van der Waals surface area contributed by atoms with Gasteiger partial charge in [0, 0.05) is 24.7 Å². The van der Waals surface area contributed by atoms with Crippen molar-refractivity contribution in [2.24, 2.45) is 17.6 Å². The molecule has 1 saturated heterocycles. The minimum atomic E-state index is -0.257. The zero-order valence-electron chi connectivity index (χ0n) is 11.8. The Morgan fingerprint density at radius 3 is 2.85 bits per heavy atom. The van der Waals surface area contributed by atoms with Gasteiger partial charge in [0.1, 0.15) is 5.69 Å². The van der Waals surface area contributed by atoms with Crippen molar-refractivity contribution in [3.63, 3.8) is 0 Å². The molecule has 1 aromatic carbocycles. The molecule has 2 aliphatic rings. The van der Waals surface area contributed by atoms with Crippen LogP contribution in [0.25, 0.3) is 0 Å². The van der Waals surface area contributed by atoms with Crippen LogP contribution >= 0.6 is 0 Å². The fourth-order valence-electron chi connectivity index (χ4n) is 3.85. The number of nitro groups is 1. The molecule has 3 unspecified atom stereocenters. The number of hydrogen-bond acceptors (Lipinski definition) is 4. The number of benzene rings is 1. The number of hydrogen-bond donors (Lipinski definition) is 1. The van der Waals surface area contributed by atoms with Gasteiger partial charge in [0.25, 0.3) is 5.69 Å². The van der Waals surface area contributed by atoms with Gasteiger partial charge >= 0.3 is 0 Å². The van der Waals surface area contributed by atoms with Crippen molar-refractivity contribution in [3.8, 4) is 0 Å². The second-order valence-corrected chi connectivity index (χ2v) is 6.12. The Labute approximate surface area is 118 Å². The van der Waals surface area contributed by atoms with Crippen molar-refractivity contribution >= 4 is 11.4 Å². The molecule has 3 rings (SSSR count). The molecule has 3 atom stereocenters. The summed E-state index contributed by atoms with van der Waals surface area (Å²) in [5.74, 6) is 1.09. The first kappa shape index (κ1) is 13.4. The Morgan fingerprint density at radius 2 is 2.15 bits per heavy atom. The molecule has 0 radical (unpaired) electrons. The maximum atomic E-state index is 11.3. The minimum absolute atomic E-state index is 0.250. The van der Waals surface area contributed by atoms with Crippen molar-refractivity contribution in [2.75, 3.05) is 18.0 Å². The number of nitrogens with two attached hydrogens (primary N) is 1. The number of aryl methyl sites for hydroxylation is 1. The lowest BCUT2D eigenvalue weighted by atomic mass is 9.78. The van der Waals surface area contributed by atoms with E-state index in [-0.39, 0.29) is 16.7 Å². The summed E-state index contributed by atoms with van der Waals surface area (Å²) in [5.41, 5.74) is 7.97. The van der Waals surface area contributed by atoms with Crippen LogP contribution in [0.5, 0.6) is 0 Å². The van der Waals surface area contributed by atoms with E-state index in [1.165, 1.54) is 12.8 Å². The third-order valence-electron chi connectivity index (χ3n) is 4.89. The highest BCUT2D eigenvalue weighted by atomic mass is 16.6. The maximum absolute atomic E-state index is 11.3. The van der Waals surface area contributed by atoms with Gasteiger partial charge in [-0.05, 0) is 37.7 Å². The van der Waals surface area contributed by atoms with Crippen molar-refractivity contribution in [2.45, 2.75) is 32.2 Å². The lowest BCUT2D eigenvalue weighted by Gasteiger charge is -2.29. The summed E-state index contributed by atoms with van der Waals surface area (Å²) < 4.78 is 0. The zero-order chi connectivity index (χ0) is 14.3. The van der Waals surface area contributed by atoms with Crippen LogP contribution in [0.3, 0.4) is 0 Å². The third kappa shape index (κ3) is 2.16. The maximum Gasteiger partial charge on any atom is 0.295 e. The predicted octanol–water partition coefficient (Wildman–Crippen LogP) is 2.47. The first-order chi connectivity index (χ1) is 9.58. The summed E-state index contributed by atoms with van der Waals surface area (Å²) >= 11 is 0. The van der Waals surface area contributed by atoms with Crippen LogP contribution in [-0.2, 0) is 0 Å². The molecule has 1 aromatic rings. The second kappa shape index (κ2) is 5.05. The predicted molar refractivity (Wildman–Crippen MR) is 78.9 cm³/mol. The van der Waals surface area contributed by atoms with E-state index in [1.807, 2.05) is 12.1 Å². The van der Waals surface area contributed by atoms with Crippen molar-refractivity contribution in [1.29, 1.82) is 0 Å². The molecule has 5 heteroatoms. The molecule has 1 heterocycles. The molecule has 1 aliphatic carbocycles. The molecular formula is C15H21N3O2. The van der Waals surface area contributed by atoms with Crippen LogP contribution in [0.15, 0.2) is 18.2 Å². The molecule has 5 nitrogen and oxygen atoms in total. The Balaban J connectivity index is 1.91. The molecular weight excluding hydrogens is 254 g/mol. The van der Waals surface area contributed by atoms with Crippen molar-refractivity contribution in [1.82, 2.24) is 0 Å². The van der Waals surface area contributed by atoms with E-state index in [0.717, 1.165) is 30.8 Å². The molecule has 2 fully saturated rings. The molecule has 108 valence electrons. The SMILES string of the molecule is Cc1cccc(N2CC3CCCC(N)C3C2)c1[N+](=O)[O-]. The molecule has 1 aliphatic heterocycles. The number of rotatable bonds is 2. The molecule has 0 bridgehead atoms. The van der Waals surface area contributed by atoms with E-state index in [9.17, 15) is 10.1 Å². The molecule has 0 aromatic heterocycles. The highest BCUT2D eigenvalue weighted by molar-refractivity contribution is 5.67. The first-order valence-corrected chi connectivity index (χ1v) is 7.32. The third-order valence-corrected chi connectivity index (χ3v) is 4.89. The van der Waals surface area contributed by atoms with Gasteiger partial charge in [-0.15, -0.1) is 0 Å². The monoisotopic (exact) mass is 275 g/mol. The van der Waals surface area contributed by atoms with Gasteiger partial charge in [0.2, 0.25) is 0 Å². The number of nitrogens with zero attached hydrogens (tertiary/aromatic N) is 2. The highest BCUT2D eigenvalue weighted by Gasteiger charge is 2.40. The number of nitro benzene ring substituents is 1. The van der Waals surface area contributed by atoms with Crippen LogP contribution in [0, 0.1) is 28.9 Å². The van der Waals surface area contributed by atoms with Gasteiger partial charge in [0.15, 0.2) is 0 Å². The van der Waals surface area contributed by atoms with Gasteiger partial charge < -0.3 is 10.6 Å². The Morgan fingerprint density at radius 1 is 1.35 bits per heavy atom. The second-order valence-electron chi connectivity index (χ2n) is 6.12. The van der Waals surface area contributed by atoms with Crippen molar-refractivity contribution < 1.29 is 4.92 Å². The van der Waals surface area contributed by atoms with Crippen LogP contribution in [0.1, 0.15) is 24.8 Å². The fraction of sp³-hybridized carbons (Fsp3) is 0.600. The normalized spacial score (nSPS) is 29.3. The number of para-hydroxylation sites is 1. The van der Waals surface area contributed by atoms with Gasteiger partial charge in [0.05, 0.1) is 4.92 Å². The topological polar surface area (TPSA) is 72.4 Å². The molecule has 0 spiro atoms. The van der Waals surface area contributed by atoms with Crippen LogP contribution in [0.2, 0.25) is 0 Å². The van der Waals surface area contributed by atoms with Gasteiger partial charge in [-0.1, -0.05) is 18.6 Å². The van der Waals surface area contributed by atoms with Gasteiger partial charge in [-0.2, -0.15) is 0 Å². The average Bonchev–Trinajstić information content (AvgIpc) is 2.83. The minimum Gasteiger partial charge on any atom is -0.365 e. The van der Waals surface area contributed by atoms with Gasteiger partial charge in [-0.3, -0.25) is 10.1 Å². The standard InChI is InChI=1S/C15H21N3O2/c1-10-4-2-7-14(15(10)18(19)20)17-8-11-5-3-6-13(16)12(11)9-17/h2,4,7,11-13H,3,5-6,8-9,16H2,1H3. The number of fused-ring (bicyclic) bond motifs is 1. The largest absolute Gasteiger partial charge is 0.365 e. The molecule has 20 heavy (non-hydrogen) atoms. The number of anilines is 1. The molecule has 2 N–H and O–H groups in total. The summed E-state index contributed by atoms with van der Waals surface area (Å²) in [7, 11) is 0. The summed E-state index contributed by atoms with van der Waals surface area (Å²) in [5, 5.41) is 11.3. The zero-order valence-corrected chi connectivity index (χ0v) is 11.8. The first-order valence-electron chi connectivity index (χ1n) is 7.32. The quantitative estimate of drug-likeness (QED) is 0.664. The Bertz CT molecular complexity index is 532. The van der Waals surface area contributed by atoms with E-state index >= 15 is 0 Å². The summed E-state index contributed by atoms with van der Waals surface area (Å²) in [6.07, 6.45) is 3.48. The summed E-state index contributed by atoms with van der Waals surface area (Å²) in [6.45, 7) is 3.56. The average molecular weight is 275 g/mol. The van der Waals surface area contributed by atoms with Crippen LogP contribution < -0.4 is 10.6 Å². The van der Waals surface area contributed by atoms with E-state index in [0.29, 0.717) is 11.8 Å². The van der Waals surface area contributed by atoms with Crippen LogP contribution in [-0.4, -0.2) is 24.1 Å². The van der Waals surface area contributed by atoms with Crippen molar-refractivity contribution in [3.05, 3.63) is 33.9 Å².